The minimum atomic E-state index is -0.164. The van der Waals surface area contributed by atoms with Crippen LogP contribution < -0.4 is 5.32 Å². The maximum Gasteiger partial charge on any atom is 0.256 e. The number of fused-ring (bicyclic) bond motifs is 1. The lowest BCUT2D eigenvalue weighted by Gasteiger charge is -2.26. The molecule has 1 N–H and O–H groups in total. The zero-order valence-corrected chi connectivity index (χ0v) is 19.8. The average molecular weight is 456 g/mol. The summed E-state index contributed by atoms with van der Waals surface area (Å²) in [6, 6.07) is 18.0. The van der Waals surface area contributed by atoms with E-state index in [9.17, 15) is 4.79 Å². The highest BCUT2D eigenvalue weighted by Gasteiger charge is 2.20. The average Bonchev–Trinajstić information content (AvgIpc) is 3.17. The quantitative estimate of drug-likeness (QED) is 0.482. The summed E-state index contributed by atoms with van der Waals surface area (Å²) in [6.07, 6.45) is 0. The molecule has 174 valence electrons. The second kappa shape index (κ2) is 9.37. The largest absolute Gasteiger partial charge is 0.379 e. The number of carbonyl (C=O) groups excluding carboxylic acids is 1. The molecule has 1 aliphatic heterocycles. The fourth-order valence-corrected chi connectivity index (χ4v) is 4.37. The van der Waals surface area contributed by atoms with E-state index in [0.717, 1.165) is 61.0 Å². The summed E-state index contributed by atoms with van der Waals surface area (Å²) in [6.45, 7) is 10.2. The molecule has 1 fully saturated rings. The molecule has 0 unspecified atom stereocenters. The Bertz CT molecular complexity index is 1320. The Morgan fingerprint density at radius 2 is 1.71 bits per heavy atom. The number of aryl methyl sites for hydroxylation is 3. The number of benzene rings is 2. The molecule has 2 aromatic heterocycles. The monoisotopic (exact) mass is 455 g/mol. The second-order valence-electron chi connectivity index (χ2n) is 8.88. The molecule has 7 heteroatoms. The van der Waals surface area contributed by atoms with Gasteiger partial charge >= 0.3 is 0 Å². The van der Waals surface area contributed by atoms with Crippen molar-refractivity contribution in [3.05, 3.63) is 82.7 Å². The van der Waals surface area contributed by atoms with Crippen LogP contribution in [-0.2, 0) is 11.3 Å². The van der Waals surface area contributed by atoms with Gasteiger partial charge in [0.2, 0.25) is 0 Å². The molecule has 0 saturated carbocycles. The van der Waals surface area contributed by atoms with E-state index in [-0.39, 0.29) is 5.91 Å². The van der Waals surface area contributed by atoms with Crippen molar-refractivity contribution in [1.29, 1.82) is 0 Å². The molecule has 7 nitrogen and oxygen atoms in total. The van der Waals surface area contributed by atoms with Crippen molar-refractivity contribution in [2.24, 2.45) is 0 Å². The maximum absolute atomic E-state index is 13.3. The van der Waals surface area contributed by atoms with E-state index in [1.165, 1.54) is 11.1 Å². The molecular weight excluding hydrogens is 426 g/mol. The Kier molecular flexibility index (Phi) is 6.13. The van der Waals surface area contributed by atoms with Crippen LogP contribution in [0, 0.1) is 20.8 Å². The summed E-state index contributed by atoms with van der Waals surface area (Å²) in [5.41, 5.74) is 6.89. The minimum Gasteiger partial charge on any atom is -0.379 e. The first-order valence-electron chi connectivity index (χ1n) is 11.6. The molecule has 1 amide bonds. The zero-order chi connectivity index (χ0) is 23.7. The summed E-state index contributed by atoms with van der Waals surface area (Å²) < 4.78 is 7.24. The number of ether oxygens (including phenoxy) is 1. The summed E-state index contributed by atoms with van der Waals surface area (Å²) in [5.74, 6) is -0.164. The normalized spacial score (nSPS) is 14.4. The number of hydrogen-bond donors (Lipinski definition) is 1. The van der Waals surface area contributed by atoms with Crippen molar-refractivity contribution < 1.29 is 9.53 Å². The predicted octanol–water partition coefficient (Wildman–Crippen LogP) is 4.43. The van der Waals surface area contributed by atoms with Crippen molar-refractivity contribution in [3.63, 3.8) is 0 Å². The number of rotatable bonds is 5. The lowest BCUT2D eigenvalue weighted by molar-refractivity contribution is 0.0342. The van der Waals surface area contributed by atoms with Crippen LogP contribution in [0.5, 0.6) is 0 Å². The highest BCUT2D eigenvalue weighted by Crippen LogP contribution is 2.26. The molecule has 3 heterocycles. The van der Waals surface area contributed by atoms with Gasteiger partial charge in [0.15, 0.2) is 5.65 Å². The van der Waals surface area contributed by atoms with Gasteiger partial charge in [0.1, 0.15) is 0 Å². The van der Waals surface area contributed by atoms with Gasteiger partial charge in [-0.3, -0.25) is 9.69 Å². The number of amides is 1. The molecule has 0 atom stereocenters. The van der Waals surface area contributed by atoms with Crippen LogP contribution in [-0.4, -0.2) is 51.9 Å². The molecule has 34 heavy (non-hydrogen) atoms. The van der Waals surface area contributed by atoms with Crippen molar-refractivity contribution in [1.82, 2.24) is 19.7 Å². The Morgan fingerprint density at radius 1 is 1.00 bits per heavy atom. The first-order valence-corrected chi connectivity index (χ1v) is 11.6. The van der Waals surface area contributed by atoms with Crippen LogP contribution >= 0.6 is 0 Å². The van der Waals surface area contributed by atoms with Crippen molar-refractivity contribution in [2.45, 2.75) is 27.3 Å². The Morgan fingerprint density at radius 3 is 2.41 bits per heavy atom. The fraction of sp³-hybridized carbons (Fsp3) is 0.296. The molecule has 4 aromatic rings. The van der Waals surface area contributed by atoms with Crippen LogP contribution in [0.2, 0.25) is 0 Å². The van der Waals surface area contributed by atoms with Gasteiger partial charge in [-0.1, -0.05) is 29.8 Å². The SMILES string of the molecule is Cc1ccc(-n2nc(C)c3c(C(=O)Nc4ccc(CN5CCOCC5)cc4)cc(C)nc32)cc1. The van der Waals surface area contributed by atoms with E-state index in [1.54, 1.807) is 0 Å². The fourth-order valence-electron chi connectivity index (χ4n) is 4.37. The van der Waals surface area contributed by atoms with Gasteiger partial charge in [-0.2, -0.15) is 5.10 Å². The molecule has 1 saturated heterocycles. The van der Waals surface area contributed by atoms with Crippen molar-refractivity contribution in [3.8, 4) is 5.69 Å². The number of hydrogen-bond acceptors (Lipinski definition) is 5. The predicted molar refractivity (Wildman–Crippen MR) is 134 cm³/mol. The molecule has 2 aromatic carbocycles. The van der Waals surface area contributed by atoms with E-state index in [0.29, 0.717) is 11.2 Å². The maximum atomic E-state index is 13.3. The van der Waals surface area contributed by atoms with Crippen LogP contribution in [0.4, 0.5) is 5.69 Å². The molecule has 0 aliphatic carbocycles. The lowest BCUT2D eigenvalue weighted by Crippen LogP contribution is -2.35. The molecule has 1 aliphatic rings. The van der Waals surface area contributed by atoms with Gasteiger partial charge in [0.05, 0.1) is 35.5 Å². The molecule has 5 rings (SSSR count). The van der Waals surface area contributed by atoms with Crippen LogP contribution in [0.15, 0.2) is 54.6 Å². The molecule has 0 spiro atoms. The number of carbonyl (C=O) groups is 1. The standard InChI is InChI=1S/C27H29N5O2/c1-18-4-10-23(11-5-18)32-26-25(20(3)30-32)24(16-19(2)28-26)27(33)29-22-8-6-21(7-9-22)17-31-12-14-34-15-13-31/h4-11,16H,12-15,17H2,1-3H3,(H,29,33). The highest BCUT2D eigenvalue weighted by atomic mass is 16.5. The van der Waals surface area contributed by atoms with Crippen molar-refractivity contribution in [2.75, 3.05) is 31.6 Å². The van der Waals surface area contributed by atoms with Gasteiger partial charge in [0.25, 0.3) is 5.91 Å². The van der Waals surface area contributed by atoms with Gasteiger partial charge in [-0.25, -0.2) is 9.67 Å². The van der Waals surface area contributed by atoms with Gasteiger partial charge in [-0.15, -0.1) is 0 Å². The first kappa shape index (κ1) is 22.3. The third kappa shape index (κ3) is 4.58. The third-order valence-electron chi connectivity index (χ3n) is 6.19. The van der Waals surface area contributed by atoms with Gasteiger partial charge in [0, 0.05) is 31.0 Å². The lowest BCUT2D eigenvalue weighted by atomic mass is 10.1. The number of pyridine rings is 1. The Labute approximate surface area is 199 Å². The van der Waals surface area contributed by atoms with Gasteiger partial charge in [-0.05, 0) is 56.7 Å². The zero-order valence-electron chi connectivity index (χ0n) is 19.8. The van der Waals surface area contributed by atoms with Gasteiger partial charge < -0.3 is 10.1 Å². The summed E-state index contributed by atoms with van der Waals surface area (Å²) in [7, 11) is 0. The number of morpholine rings is 1. The smallest absolute Gasteiger partial charge is 0.256 e. The summed E-state index contributed by atoms with van der Waals surface area (Å²) >= 11 is 0. The first-order chi connectivity index (χ1) is 16.5. The van der Waals surface area contributed by atoms with E-state index in [2.05, 4.69) is 29.3 Å². The second-order valence-corrected chi connectivity index (χ2v) is 8.88. The van der Waals surface area contributed by atoms with Crippen LogP contribution in [0.25, 0.3) is 16.7 Å². The number of anilines is 1. The molecular formula is C27H29N5O2. The molecule has 0 radical (unpaired) electrons. The van der Waals surface area contributed by atoms with Crippen molar-refractivity contribution >= 4 is 22.6 Å². The number of nitrogens with one attached hydrogen (secondary N) is 1. The summed E-state index contributed by atoms with van der Waals surface area (Å²) in [5, 5.41) is 8.53. The highest BCUT2D eigenvalue weighted by molar-refractivity contribution is 6.12. The van der Waals surface area contributed by atoms with E-state index < -0.39 is 0 Å². The van der Waals surface area contributed by atoms with Crippen LogP contribution in [0.3, 0.4) is 0 Å². The number of aromatic nitrogens is 3. The van der Waals surface area contributed by atoms with E-state index >= 15 is 0 Å². The van der Waals surface area contributed by atoms with E-state index in [4.69, 9.17) is 14.8 Å². The Hall–Kier alpha value is -3.55. The summed E-state index contributed by atoms with van der Waals surface area (Å²) in [4.78, 5) is 20.4. The molecule has 0 bridgehead atoms. The van der Waals surface area contributed by atoms with Crippen LogP contribution in [0.1, 0.15) is 32.9 Å². The number of nitrogens with zero attached hydrogens (tertiary/aromatic N) is 4. The Balaban J connectivity index is 1.40. The van der Waals surface area contributed by atoms with E-state index in [1.807, 2.05) is 61.0 Å². The third-order valence-corrected chi connectivity index (χ3v) is 6.19. The minimum absolute atomic E-state index is 0.164. The topological polar surface area (TPSA) is 72.3 Å².